The van der Waals surface area contributed by atoms with Gasteiger partial charge >= 0.3 is 0 Å². The molecule has 0 bridgehead atoms. The third-order valence-corrected chi connectivity index (χ3v) is 3.21. The topological polar surface area (TPSA) is 38.3 Å². The minimum absolute atomic E-state index is 0.0787. The fourth-order valence-electron chi connectivity index (χ4n) is 2.28. The van der Waals surface area contributed by atoms with Crippen LogP contribution in [0, 0.1) is 5.92 Å². The lowest BCUT2D eigenvalue weighted by Crippen LogP contribution is -2.49. The number of carbonyl (C=O) groups is 1. The lowest BCUT2D eigenvalue weighted by molar-refractivity contribution is -0.120. The molecule has 3 heteroatoms. The Kier molecular flexibility index (Phi) is 1.83. The predicted molar refractivity (Wildman–Crippen MR) is 44.7 cm³/mol. The standard InChI is InChI=1S/C9H15NO2/c1-7-6-8(11)10-9(7)2-4-12-5-3-9/h7H,2-6H2,1H3,(H,10,11). The first-order valence-corrected chi connectivity index (χ1v) is 4.62. The maximum absolute atomic E-state index is 11.2. The Morgan fingerprint density at radius 1 is 1.50 bits per heavy atom. The summed E-state index contributed by atoms with van der Waals surface area (Å²) in [5.74, 6) is 0.693. The Balaban J connectivity index is 2.13. The van der Waals surface area contributed by atoms with Gasteiger partial charge in [0, 0.05) is 25.2 Å². The Morgan fingerprint density at radius 3 is 2.67 bits per heavy atom. The Morgan fingerprint density at radius 2 is 2.17 bits per heavy atom. The molecular formula is C9H15NO2. The molecule has 1 atom stereocenters. The number of hydrogen-bond donors (Lipinski definition) is 1. The van der Waals surface area contributed by atoms with Gasteiger partial charge < -0.3 is 10.1 Å². The first-order valence-electron chi connectivity index (χ1n) is 4.62. The number of rotatable bonds is 0. The van der Waals surface area contributed by atoms with Gasteiger partial charge in [-0.2, -0.15) is 0 Å². The number of hydrogen-bond acceptors (Lipinski definition) is 2. The van der Waals surface area contributed by atoms with Crippen molar-refractivity contribution in [2.45, 2.75) is 31.7 Å². The Bertz CT molecular complexity index is 197. The number of ether oxygens (including phenoxy) is 1. The molecule has 0 saturated carbocycles. The van der Waals surface area contributed by atoms with E-state index in [9.17, 15) is 4.79 Å². The van der Waals surface area contributed by atoms with Crippen LogP contribution in [0.5, 0.6) is 0 Å². The van der Waals surface area contributed by atoms with Crippen LogP contribution in [0.2, 0.25) is 0 Å². The smallest absolute Gasteiger partial charge is 0.220 e. The molecule has 2 rings (SSSR count). The van der Waals surface area contributed by atoms with Crippen LogP contribution >= 0.6 is 0 Å². The van der Waals surface area contributed by atoms with E-state index in [0.717, 1.165) is 26.1 Å². The molecule has 1 N–H and O–H groups in total. The summed E-state index contributed by atoms with van der Waals surface area (Å²) in [6.07, 6.45) is 2.67. The summed E-state index contributed by atoms with van der Waals surface area (Å²) >= 11 is 0. The summed E-state index contributed by atoms with van der Waals surface area (Å²) < 4.78 is 5.29. The molecule has 2 aliphatic heterocycles. The molecule has 0 aromatic carbocycles. The first-order chi connectivity index (χ1) is 5.73. The lowest BCUT2D eigenvalue weighted by atomic mass is 9.80. The van der Waals surface area contributed by atoms with Crippen molar-refractivity contribution in [3.05, 3.63) is 0 Å². The third kappa shape index (κ3) is 1.12. The number of carbonyl (C=O) groups excluding carboxylic acids is 1. The normalized spacial score (nSPS) is 33.8. The summed E-state index contributed by atoms with van der Waals surface area (Å²) in [7, 11) is 0. The average molecular weight is 169 g/mol. The second-order valence-corrected chi connectivity index (χ2v) is 3.92. The van der Waals surface area contributed by atoms with Gasteiger partial charge in [0.15, 0.2) is 0 Å². The fourth-order valence-corrected chi connectivity index (χ4v) is 2.28. The summed E-state index contributed by atoms with van der Waals surface area (Å²) in [5, 5.41) is 3.10. The van der Waals surface area contributed by atoms with Crippen molar-refractivity contribution in [1.82, 2.24) is 5.32 Å². The lowest BCUT2D eigenvalue weighted by Gasteiger charge is -2.36. The molecule has 12 heavy (non-hydrogen) atoms. The molecule has 2 heterocycles. The van der Waals surface area contributed by atoms with E-state index < -0.39 is 0 Å². The molecule has 0 radical (unpaired) electrons. The van der Waals surface area contributed by atoms with Crippen LogP contribution in [0.1, 0.15) is 26.2 Å². The maximum atomic E-state index is 11.2. The van der Waals surface area contributed by atoms with E-state index in [2.05, 4.69) is 12.2 Å². The van der Waals surface area contributed by atoms with Gasteiger partial charge in [0.25, 0.3) is 0 Å². The quantitative estimate of drug-likeness (QED) is 0.579. The van der Waals surface area contributed by atoms with Gasteiger partial charge in [0.2, 0.25) is 5.91 Å². The molecule has 0 aromatic heterocycles. The van der Waals surface area contributed by atoms with E-state index in [0.29, 0.717) is 12.3 Å². The van der Waals surface area contributed by atoms with Crippen LogP contribution in [-0.2, 0) is 9.53 Å². The van der Waals surface area contributed by atoms with Crippen LogP contribution in [0.3, 0.4) is 0 Å². The van der Waals surface area contributed by atoms with Gasteiger partial charge in [-0.3, -0.25) is 4.79 Å². The van der Waals surface area contributed by atoms with Crippen molar-refractivity contribution in [3.63, 3.8) is 0 Å². The van der Waals surface area contributed by atoms with Gasteiger partial charge in [0.05, 0.1) is 0 Å². The molecule has 1 amide bonds. The van der Waals surface area contributed by atoms with Crippen LogP contribution in [0.4, 0.5) is 0 Å². The second kappa shape index (κ2) is 2.73. The maximum Gasteiger partial charge on any atom is 0.220 e. The minimum atomic E-state index is 0.0787. The molecular weight excluding hydrogens is 154 g/mol. The van der Waals surface area contributed by atoms with Crippen molar-refractivity contribution in [3.8, 4) is 0 Å². The van der Waals surface area contributed by atoms with E-state index in [1.807, 2.05) is 0 Å². The molecule has 2 saturated heterocycles. The highest BCUT2D eigenvalue weighted by Gasteiger charge is 2.44. The largest absolute Gasteiger partial charge is 0.381 e. The zero-order chi connectivity index (χ0) is 8.60. The van der Waals surface area contributed by atoms with Gasteiger partial charge in [0.1, 0.15) is 0 Å². The molecule has 1 spiro atoms. The van der Waals surface area contributed by atoms with Crippen molar-refractivity contribution in [2.24, 2.45) is 5.92 Å². The van der Waals surface area contributed by atoms with Crippen molar-refractivity contribution < 1.29 is 9.53 Å². The molecule has 3 nitrogen and oxygen atoms in total. The van der Waals surface area contributed by atoms with Crippen LogP contribution < -0.4 is 5.32 Å². The highest BCUT2D eigenvalue weighted by molar-refractivity contribution is 5.80. The third-order valence-electron chi connectivity index (χ3n) is 3.21. The van der Waals surface area contributed by atoms with Crippen LogP contribution in [-0.4, -0.2) is 24.7 Å². The summed E-state index contributed by atoms with van der Waals surface area (Å²) in [6, 6.07) is 0. The van der Waals surface area contributed by atoms with E-state index >= 15 is 0 Å². The van der Waals surface area contributed by atoms with Gasteiger partial charge in [-0.1, -0.05) is 6.92 Å². The van der Waals surface area contributed by atoms with E-state index in [1.54, 1.807) is 0 Å². The second-order valence-electron chi connectivity index (χ2n) is 3.92. The summed E-state index contributed by atoms with van der Waals surface area (Å²) in [4.78, 5) is 11.2. The zero-order valence-electron chi connectivity index (χ0n) is 7.43. The Labute approximate surface area is 72.5 Å². The first kappa shape index (κ1) is 8.05. The molecule has 2 fully saturated rings. The number of amides is 1. The van der Waals surface area contributed by atoms with Crippen LogP contribution in [0.15, 0.2) is 0 Å². The monoisotopic (exact) mass is 169 g/mol. The molecule has 0 aliphatic carbocycles. The SMILES string of the molecule is CC1CC(=O)NC12CCOCC2. The minimum Gasteiger partial charge on any atom is -0.381 e. The summed E-state index contributed by atoms with van der Waals surface area (Å²) in [5.41, 5.74) is 0.0787. The van der Waals surface area contributed by atoms with Crippen molar-refractivity contribution >= 4 is 5.91 Å². The number of nitrogens with one attached hydrogen (secondary N) is 1. The molecule has 0 aromatic rings. The van der Waals surface area contributed by atoms with Gasteiger partial charge in [-0.15, -0.1) is 0 Å². The van der Waals surface area contributed by atoms with Gasteiger partial charge in [-0.05, 0) is 18.8 Å². The van der Waals surface area contributed by atoms with Crippen molar-refractivity contribution in [1.29, 1.82) is 0 Å². The molecule has 68 valence electrons. The van der Waals surface area contributed by atoms with E-state index in [1.165, 1.54) is 0 Å². The van der Waals surface area contributed by atoms with E-state index in [-0.39, 0.29) is 11.4 Å². The predicted octanol–water partition coefficient (Wildman–Crippen LogP) is 0.692. The molecule has 2 aliphatic rings. The van der Waals surface area contributed by atoms with E-state index in [4.69, 9.17) is 4.74 Å². The summed E-state index contributed by atoms with van der Waals surface area (Å²) in [6.45, 7) is 3.75. The zero-order valence-corrected chi connectivity index (χ0v) is 7.43. The van der Waals surface area contributed by atoms with Crippen LogP contribution in [0.25, 0.3) is 0 Å². The fraction of sp³-hybridized carbons (Fsp3) is 0.889. The van der Waals surface area contributed by atoms with Gasteiger partial charge in [-0.25, -0.2) is 0 Å². The average Bonchev–Trinajstić information content (AvgIpc) is 2.29. The Hall–Kier alpha value is -0.570. The van der Waals surface area contributed by atoms with Crippen molar-refractivity contribution in [2.75, 3.05) is 13.2 Å². The molecule has 1 unspecified atom stereocenters. The highest BCUT2D eigenvalue weighted by atomic mass is 16.5. The highest BCUT2D eigenvalue weighted by Crippen LogP contribution is 2.35.